The highest BCUT2D eigenvalue weighted by atomic mass is 35.5. The Hall–Kier alpha value is -3.87. The van der Waals surface area contributed by atoms with Crippen LogP contribution >= 0.6 is 11.6 Å². The summed E-state index contributed by atoms with van der Waals surface area (Å²) in [5, 5.41) is 4.89. The molecule has 1 fully saturated rings. The molecule has 2 bridgehead atoms. The maximum Gasteiger partial charge on any atom is 0.286 e. The van der Waals surface area contributed by atoms with Gasteiger partial charge in [-0.05, 0) is 105 Å². The molecule has 0 unspecified atom stereocenters. The number of hydrogen-bond donors (Lipinski definition) is 1. The van der Waals surface area contributed by atoms with Crippen LogP contribution in [0.4, 0.5) is 5.69 Å². The average molecular weight is 750 g/mol. The van der Waals surface area contributed by atoms with Gasteiger partial charge in [-0.3, -0.25) is 19.0 Å². The van der Waals surface area contributed by atoms with Crippen molar-refractivity contribution in [1.29, 1.82) is 0 Å². The fraction of sp³-hybridized carbons (Fsp3) is 0.513. The lowest BCUT2D eigenvalue weighted by Gasteiger charge is -2.46. The van der Waals surface area contributed by atoms with Crippen LogP contribution in [0.25, 0.3) is 0 Å². The monoisotopic (exact) mass is 749 g/mol. The highest BCUT2D eigenvalue weighted by Gasteiger charge is 2.44. The molecule has 52 heavy (non-hydrogen) atoms. The molecule has 3 aromatic rings. The molecular weight excluding hydrogens is 702 g/mol. The molecule has 1 aromatic heterocycles. The summed E-state index contributed by atoms with van der Waals surface area (Å²) in [6, 6.07) is 11.5. The second kappa shape index (κ2) is 14.9. The number of halogens is 1. The Kier molecular flexibility index (Phi) is 10.4. The number of anilines is 1. The highest BCUT2D eigenvalue weighted by Crippen LogP contribution is 2.47. The van der Waals surface area contributed by atoms with Gasteiger partial charge in [0.25, 0.3) is 11.8 Å². The van der Waals surface area contributed by atoms with Crippen molar-refractivity contribution in [3.63, 3.8) is 0 Å². The van der Waals surface area contributed by atoms with E-state index in [1.54, 1.807) is 13.1 Å². The number of nitrogens with zero attached hydrogens (tertiary/aromatic N) is 4. The Morgan fingerprint density at radius 2 is 2.06 bits per heavy atom. The van der Waals surface area contributed by atoms with E-state index in [0.29, 0.717) is 43.8 Å². The number of ether oxygens (including phenoxy) is 3. The van der Waals surface area contributed by atoms with Crippen LogP contribution < -0.4 is 19.1 Å². The van der Waals surface area contributed by atoms with Crippen molar-refractivity contribution < 1.29 is 28.0 Å². The molecule has 1 spiro atoms. The van der Waals surface area contributed by atoms with Gasteiger partial charge in [0.1, 0.15) is 21.2 Å². The van der Waals surface area contributed by atoms with Gasteiger partial charge in [0.2, 0.25) is 5.88 Å². The number of fused-ring (bicyclic) bond motifs is 4. The predicted molar refractivity (Wildman–Crippen MR) is 202 cm³/mol. The van der Waals surface area contributed by atoms with Crippen LogP contribution in [0.1, 0.15) is 77.8 Å². The van der Waals surface area contributed by atoms with Gasteiger partial charge in [-0.25, -0.2) is 4.21 Å². The molecule has 2 amide bonds. The van der Waals surface area contributed by atoms with Crippen molar-refractivity contribution in [3.05, 3.63) is 82.0 Å². The Labute approximate surface area is 311 Å². The minimum absolute atomic E-state index is 0.0329. The van der Waals surface area contributed by atoms with Crippen LogP contribution in [0.5, 0.6) is 11.6 Å². The molecule has 2 aliphatic carbocycles. The van der Waals surface area contributed by atoms with Crippen LogP contribution in [-0.2, 0) is 33.5 Å². The minimum Gasteiger partial charge on any atom is -0.490 e. The van der Waals surface area contributed by atoms with Gasteiger partial charge in [-0.15, -0.1) is 9.46 Å². The normalized spacial score (nSPS) is 29.4. The quantitative estimate of drug-likeness (QED) is 0.292. The van der Waals surface area contributed by atoms with Gasteiger partial charge in [0.15, 0.2) is 0 Å². The molecule has 11 nitrogen and oxygen atoms in total. The first-order valence-corrected chi connectivity index (χ1v) is 20.3. The lowest BCUT2D eigenvalue weighted by atomic mass is 9.68. The van der Waals surface area contributed by atoms with E-state index in [9.17, 15) is 13.8 Å². The molecular formula is C39H48ClN5O6S. The van der Waals surface area contributed by atoms with Crippen molar-refractivity contribution in [3.8, 4) is 11.6 Å². The van der Waals surface area contributed by atoms with Gasteiger partial charge < -0.3 is 19.1 Å². The Morgan fingerprint density at radius 1 is 1.21 bits per heavy atom. The number of allylic oxidation sites excluding steroid dienone is 1. The van der Waals surface area contributed by atoms with E-state index in [4.69, 9.17) is 25.8 Å². The van der Waals surface area contributed by atoms with Crippen molar-refractivity contribution in [1.82, 2.24) is 14.5 Å². The number of rotatable bonds is 5. The van der Waals surface area contributed by atoms with E-state index < -0.39 is 21.7 Å². The maximum absolute atomic E-state index is 14.6. The van der Waals surface area contributed by atoms with Crippen molar-refractivity contribution in [2.24, 2.45) is 29.2 Å². The number of carbonyl (C=O) groups is 2. The molecule has 278 valence electrons. The summed E-state index contributed by atoms with van der Waals surface area (Å²) in [7, 11) is -0.533. The van der Waals surface area contributed by atoms with Crippen molar-refractivity contribution in [2.45, 2.75) is 63.9 Å². The second-order valence-corrected chi connectivity index (χ2v) is 17.3. The number of methoxy groups -OCH3 is 1. The zero-order valence-corrected chi connectivity index (χ0v) is 31.9. The lowest BCUT2D eigenvalue weighted by molar-refractivity contribution is -0.00864. The van der Waals surface area contributed by atoms with Gasteiger partial charge in [-0.1, -0.05) is 36.7 Å². The van der Waals surface area contributed by atoms with Crippen LogP contribution in [-0.4, -0.2) is 71.1 Å². The van der Waals surface area contributed by atoms with E-state index in [1.165, 1.54) is 29.1 Å². The van der Waals surface area contributed by atoms with Crippen LogP contribution in [0.15, 0.2) is 59.1 Å². The summed E-state index contributed by atoms with van der Waals surface area (Å²) in [5.74, 6) is -0.0733. The first-order chi connectivity index (χ1) is 25.0. The highest BCUT2D eigenvalue weighted by molar-refractivity contribution is 7.92. The molecule has 0 radical (unpaired) electrons. The predicted octanol–water partition coefficient (Wildman–Crippen LogP) is 6.54. The number of benzene rings is 2. The van der Waals surface area contributed by atoms with Gasteiger partial charge >= 0.3 is 0 Å². The third-order valence-corrected chi connectivity index (χ3v) is 13.3. The zero-order valence-electron chi connectivity index (χ0n) is 30.3. The van der Waals surface area contributed by atoms with Crippen LogP contribution in [0.2, 0.25) is 5.02 Å². The molecule has 2 aromatic carbocycles. The number of amides is 2. The second-order valence-electron chi connectivity index (χ2n) is 14.8. The molecule has 7 rings (SSSR count). The van der Waals surface area contributed by atoms with Crippen molar-refractivity contribution in [2.75, 3.05) is 44.1 Å². The van der Waals surface area contributed by atoms with Crippen LogP contribution in [0, 0.1) is 17.8 Å². The number of carbonyl (C=O) groups excluding carboxylic acids is 2. The molecule has 0 saturated heterocycles. The molecule has 3 heterocycles. The summed E-state index contributed by atoms with van der Waals surface area (Å²) in [6.07, 6.45) is 11.3. The molecule has 2 aliphatic heterocycles. The fourth-order valence-corrected chi connectivity index (χ4v) is 10.5. The molecule has 4 aliphatic rings. The van der Waals surface area contributed by atoms with Gasteiger partial charge in [0, 0.05) is 48.9 Å². The van der Waals surface area contributed by atoms with E-state index in [2.05, 4.69) is 43.4 Å². The summed E-state index contributed by atoms with van der Waals surface area (Å²) < 4.78 is 41.2. The smallest absolute Gasteiger partial charge is 0.286 e. The summed E-state index contributed by atoms with van der Waals surface area (Å²) in [5.41, 5.74) is 3.44. The van der Waals surface area contributed by atoms with E-state index in [1.807, 2.05) is 32.0 Å². The molecule has 6 atom stereocenters. The Bertz CT molecular complexity index is 2010. The third-order valence-electron chi connectivity index (χ3n) is 11.1. The lowest BCUT2D eigenvalue weighted by Crippen LogP contribution is -2.49. The SMILES string of the molecule is CCO[C@H]1/C=C/C[C@H](C)C[S@@](=O)(NC(=O)c2cn(C)nc2OC)=NC(=O)c2ccc3c(c2)N(C[C@@H]2CC[C@H]21)C[C@@]1(CCCc2cc(Cl)ccc21)CO3. The molecule has 1 N–H and O–H groups in total. The summed E-state index contributed by atoms with van der Waals surface area (Å²) >= 11 is 6.47. The average Bonchev–Trinajstić information content (AvgIpc) is 3.41. The number of hydrogen-bond acceptors (Lipinski definition) is 8. The largest absolute Gasteiger partial charge is 0.490 e. The van der Waals surface area contributed by atoms with E-state index in [0.717, 1.165) is 49.4 Å². The summed E-state index contributed by atoms with van der Waals surface area (Å²) in [6.45, 7) is 6.54. The fourth-order valence-electron chi connectivity index (χ4n) is 8.46. The Balaban J connectivity index is 1.31. The molecule has 13 heteroatoms. The van der Waals surface area contributed by atoms with E-state index >= 15 is 0 Å². The number of aromatic nitrogens is 2. The van der Waals surface area contributed by atoms with E-state index in [-0.39, 0.29) is 40.2 Å². The topological polar surface area (TPSA) is 124 Å². The van der Waals surface area contributed by atoms with Crippen LogP contribution in [0.3, 0.4) is 0 Å². The first-order valence-electron chi connectivity index (χ1n) is 18.3. The first kappa shape index (κ1) is 36.5. The minimum atomic E-state index is -3.60. The molecule has 1 saturated carbocycles. The van der Waals surface area contributed by atoms with Crippen molar-refractivity contribution >= 4 is 39.0 Å². The standard InChI is InChI=1S/C39H48ClN5O6S/c1-5-50-34-10-6-8-25(2)22-52(48,43-37(47)31-21-44(3)41-38(31)49-4)42-36(46)27-12-16-35-33(19-27)45(20-28-11-14-30(28)34)23-39(24-51-35)17-7-9-26-18-29(40)13-15-32(26)39/h6,10,12-13,15-16,18-19,21,25,28,30,34H,5,7-9,11,14,17,20,22-24H2,1-4H3,(H,42,43,46,47,48)/b10-6+/t25-,28-,30+,34-,39-,52-/m0/s1. The third kappa shape index (κ3) is 7.34. The number of aryl methyl sites for hydroxylation is 2. The zero-order chi connectivity index (χ0) is 36.6. The summed E-state index contributed by atoms with van der Waals surface area (Å²) in [4.78, 5) is 30.0. The van der Waals surface area contributed by atoms with Gasteiger partial charge in [0.05, 0.1) is 31.3 Å². The number of nitrogens with one attached hydrogen (secondary N) is 1. The maximum atomic E-state index is 14.6. The van der Waals surface area contributed by atoms with Gasteiger partial charge in [-0.2, -0.15) is 0 Å². The Morgan fingerprint density at radius 3 is 2.83 bits per heavy atom.